The molecule has 0 saturated heterocycles. The van der Waals surface area contributed by atoms with Gasteiger partial charge in [-0.3, -0.25) is 0 Å². The number of hydrogen-bond donors (Lipinski definition) is 2. The molecule has 2 heteroatoms. The maximum absolute atomic E-state index is 9.83. The van der Waals surface area contributed by atoms with E-state index < -0.39 is 0 Å². The van der Waals surface area contributed by atoms with Crippen LogP contribution in [0.1, 0.15) is 97.3 Å². The summed E-state index contributed by atoms with van der Waals surface area (Å²) in [6.45, 7) is 4.41. The van der Waals surface area contributed by atoms with Gasteiger partial charge in [0.25, 0.3) is 0 Å². The Balaban J connectivity index is 3.30. The zero-order valence-corrected chi connectivity index (χ0v) is 13.2. The van der Waals surface area contributed by atoms with E-state index in [1.54, 1.807) is 0 Å². The van der Waals surface area contributed by atoms with E-state index in [-0.39, 0.29) is 12.2 Å². The first-order chi connectivity index (χ1) is 9.20. The minimum atomic E-state index is -0.149. The third kappa shape index (κ3) is 14.1. The molecule has 0 bridgehead atoms. The van der Waals surface area contributed by atoms with Crippen LogP contribution < -0.4 is 0 Å². The van der Waals surface area contributed by atoms with Gasteiger partial charge < -0.3 is 10.2 Å². The van der Waals surface area contributed by atoms with E-state index in [1.165, 1.54) is 38.5 Å². The zero-order valence-electron chi connectivity index (χ0n) is 13.2. The lowest BCUT2D eigenvalue weighted by Gasteiger charge is -2.13. The molecule has 0 unspecified atom stereocenters. The van der Waals surface area contributed by atoms with Crippen LogP contribution in [0.15, 0.2) is 0 Å². The lowest BCUT2D eigenvalue weighted by Crippen LogP contribution is -2.10. The Bertz CT molecular complexity index is 153. The van der Waals surface area contributed by atoms with Crippen molar-refractivity contribution in [2.75, 3.05) is 0 Å². The molecule has 0 saturated carbocycles. The smallest absolute Gasteiger partial charge is 0.0540 e. The Labute approximate surface area is 120 Å². The van der Waals surface area contributed by atoms with Crippen molar-refractivity contribution in [2.24, 2.45) is 0 Å². The van der Waals surface area contributed by atoms with Crippen LogP contribution in [0.4, 0.5) is 0 Å². The lowest BCUT2D eigenvalue weighted by molar-refractivity contribution is 0.121. The molecule has 2 nitrogen and oxygen atoms in total. The van der Waals surface area contributed by atoms with Gasteiger partial charge in [-0.25, -0.2) is 0 Å². The second-order valence-corrected chi connectivity index (χ2v) is 5.94. The van der Waals surface area contributed by atoms with Crippen molar-refractivity contribution in [2.45, 2.75) is 110 Å². The van der Waals surface area contributed by atoms with Gasteiger partial charge in [0.05, 0.1) is 12.2 Å². The minimum Gasteiger partial charge on any atom is -0.393 e. The molecule has 0 rings (SSSR count). The van der Waals surface area contributed by atoms with Gasteiger partial charge in [0.1, 0.15) is 0 Å². The molecule has 0 heterocycles. The van der Waals surface area contributed by atoms with E-state index in [0.29, 0.717) is 0 Å². The van der Waals surface area contributed by atoms with Crippen molar-refractivity contribution in [3.8, 4) is 0 Å². The molecule has 0 aromatic rings. The summed E-state index contributed by atoms with van der Waals surface area (Å²) in [4.78, 5) is 0. The predicted molar refractivity (Wildman–Crippen MR) is 83.4 cm³/mol. The third-order valence-electron chi connectivity index (χ3n) is 3.86. The van der Waals surface area contributed by atoms with Crippen LogP contribution in [0.25, 0.3) is 0 Å². The monoisotopic (exact) mass is 272 g/mol. The Morgan fingerprint density at radius 1 is 0.526 bits per heavy atom. The molecule has 2 atom stereocenters. The van der Waals surface area contributed by atoms with Gasteiger partial charge >= 0.3 is 0 Å². The van der Waals surface area contributed by atoms with Crippen LogP contribution in [0.5, 0.6) is 0 Å². The molecule has 0 aliphatic carbocycles. The summed E-state index contributed by atoms with van der Waals surface area (Å²) < 4.78 is 0. The molecular formula is C17H36O2. The van der Waals surface area contributed by atoms with Crippen LogP contribution in [0.3, 0.4) is 0 Å². The molecule has 0 radical (unpaired) electrons. The largest absolute Gasteiger partial charge is 0.393 e. The van der Waals surface area contributed by atoms with Gasteiger partial charge in [0, 0.05) is 0 Å². The number of hydrogen-bond acceptors (Lipinski definition) is 2. The Hall–Kier alpha value is -0.0800. The molecule has 19 heavy (non-hydrogen) atoms. The fourth-order valence-electron chi connectivity index (χ4n) is 2.49. The van der Waals surface area contributed by atoms with Gasteiger partial charge in [0.15, 0.2) is 0 Å². The molecule has 2 N–H and O–H groups in total. The highest BCUT2D eigenvalue weighted by molar-refractivity contribution is 4.61. The lowest BCUT2D eigenvalue weighted by atomic mass is 10.0. The van der Waals surface area contributed by atoms with Crippen LogP contribution >= 0.6 is 0 Å². The van der Waals surface area contributed by atoms with Crippen molar-refractivity contribution in [1.82, 2.24) is 0 Å². The summed E-state index contributed by atoms with van der Waals surface area (Å²) in [6, 6.07) is 0. The quantitative estimate of drug-likeness (QED) is 0.445. The minimum absolute atomic E-state index is 0.149. The van der Waals surface area contributed by atoms with E-state index in [4.69, 9.17) is 0 Å². The summed E-state index contributed by atoms with van der Waals surface area (Å²) in [7, 11) is 0. The van der Waals surface area contributed by atoms with Crippen molar-refractivity contribution in [3.63, 3.8) is 0 Å². The average molecular weight is 272 g/mol. The normalized spacial score (nSPS) is 14.5. The van der Waals surface area contributed by atoms with E-state index in [0.717, 1.165) is 44.9 Å². The second-order valence-electron chi connectivity index (χ2n) is 5.94. The maximum atomic E-state index is 9.83. The maximum Gasteiger partial charge on any atom is 0.0540 e. The zero-order chi connectivity index (χ0) is 14.3. The number of rotatable bonds is 14. The summed E-state index contributed by atoms with van der Waals surface area (Å²) >= 11 is 0. The highest BCUT2D eigenvalue weighted by Crippen LogP contribution is 2.14. The van der Waals surface area contributed by atoms with Gasteiger partial charge in [-0.1, -0.05) is 65.2 Å². The van der Waals surface area contributed by atoms with E-state index >= 15 is 0 Å². The van der Waals surface area contributed by atoms with E-state index in [1.807, 2.05) is 0 Å². The van der Waals surface area contributed by atoms with Gasteiger partial charge in [-0.15, -0.1) is 0 Å². The van der Waals surface area contributed by atoms with Crippen molar-refractivity contribution in [3.05, 3.63) is 0 Å². The molecule has 0 fully saturated rings. The van der Waals surface area contributed by atoms with Crippen molar-refractivity contribution < 1.29 is 10.2 Å². The summed E-state index contributed by atoms with van der Waals surface area (Å²) in [5.41, 5.74) is 0. The molecule has 0 spiro atoms. The van der Waals surface area contributed by atoms with Crippen LogP contribution in [0.2, 0.25) is 0 Å². The molecule has 0 aromatic carbocycles. The van der Waals surface area contributed by atoms with Crippen molar-refractivity contribution >= 4 is 0 Å². The SMILES string of the molecule is CCCCCC[C@H](O)CCC[C@@H](O)CCCCCC. The Kier molecular flexibility index (Phi) is 14.3. The van der Waals surface area contributed by atoms with Gasteiger partial charge in [-0.2, -0.15) is 0 Å². The molecule has 0 aromatic heterocycles. The third-order valence-corrected chi connectivity index (χ3v) is 3.86. The highest BCUT2D eigenvalue weighted by atomic mass is 16.3. The molecule has 0 aliphatic rings. The first-order valence-electron chi connectivity index (χ1n) is 8.56. The van der Waals surface area contributed by atoms with Gasteiger partial charge in [-0.05, 0) is 32.1 Å². The predicted octanol–water partition coefficient (Wildman–Crippen LogP) is 4.82. The topological polar surface area (TPSA) is 40.5 Å². The van der Waals surface area contributed by atoms with E-state index in [9.17, 15) is 10.2 Å². The fraction of sp³-hybridized carbons (Fsp3) is 1.00. The Morgan fingerprint density at radius 3 is 1.26 bits per heavy atom. The van der Waals surface area contributed by atoms with Crippen molar-refractivity contribution in [1.29, 1.82) is 0 Å². The van der Waals surface area contributed by atoms with Crippen LogP contribution in [-0.2, 0) is 0 Å². The first-order valence-corrected chi connectivity index (χ1v) is 8.56. The number of unbranched alkanes of at least 4 members (excludes halogenated alkanes) is 6. The first kappa shape index (κ1) is 18.9. The summed E-state index contributed by atoms with van der Waals surface area (Å²) in [5.74, 6) is 0. The number of aliphatic hydroxyl groups is 2. The van der Waals surface area contributed by atoms with Gasteiger partial charge in [0.2, 0.25) is 0 Å². The standard InChI is InChI=1S/C17H36O2/c1-3-5-7-9-12-16(18)14-11-15-17(19)13-10-8-6-4-2/h16-19H,3-15H2,1-2H3/t16-,17-/m0/s1. The number of aliphatic hydroxyl groups excluding tert-OH is 2. The molecule has 0 amide bonds. The summed E-state index contributed by atoms with van der Waals surface area (Å²) in [6.07, 6.45) is 14.1. The summed E-state index contributed by atoms with van der Waals surface area (Å²) in [5, 5.41) is 19.7. The fourth-order valence-corrected chi connectivity index (χ4v) is 2.49. The average Bonchev–Trinajstić information content (AvgIpc) is 2.40. The second kappa shape index (κ2) is 14.3. The molecule has 0 aliphatic heterocycles. The highest BCUT2D eigenvalue weighted by Gasteiger charge is 2.07. The van der Waals surface area contributed by atoms with Crippen LogP contribution in [0, 0.1) is 0 Å². The Morgan fingerprint density at radius 2 is 0.895 bits per heavy atom. The van der Waals surface area contributed by atoms with E-state index in [2.05, 4.69) is 13.8 Å². The molecule has 116 valence electrons. The molecular weight excluding hydrogens is 236 g/mol. The van der Waals surface area contributed by atoms with Crippen LogP contribution in [-0.4, -0.2) is 22.4 Å².